The fraction of sp³-hybridized carbons (Fsp3) is 0.500. The molecule has 0 bridgehead atoms. The van der Waals surface area contributed by atoms with Crippen LogP contribution in [0, 0.1) is 15.9 Å². The Labute approximate surface area is 109 Å². The van der Waals surface area contributed by atoms with E-state index < -0.39 is 16.4 Å². The molecule has 1 unspecified atom stereocenters. The van der Waals surface area contributed by atoms with Crippen LogP contribution in [0.3, 0.4) is 0 Å². The van der Waals surface area contributed by atoms with Crippen molar-refractivity contribution in [3.63, 3.8) is 0 Å². The molecule has 0 aromatic heterocycles. The summed E-state index contributed by atoms with van der Waals surface area (Å²) in [5.41, 5.74) is 0.146. The van der Waals surface area contributed by atoms with Crippen LogP contribution in [0.5, 0.6) is 0 Å². The van der Waals surface area contributed by atoms with Crippen LogP contribution >= 0.6 is 0 Å². The number of nitrogens with one attached hydrogen (secondary N) is 1. The van der Waals surface area contributed by atoms with E-state index in [4.69, 9.17) is 9.47 Å². The molecule has 1 saturated heterocycles. The number of hydrogen-bond donors (Lipinski definition) is 1. The average molecular weight is 270 g/mol. The zero-order valence-corrected chi connectivity index (χ0v) is 10.3. The Morgan fingerprint density at radius 2 is 2.32 bits per heavy atom. The Morgan fingerprint density at radius 1 is 1.47 bits per heavy atom. The molecule has 0 amide bonds. The predicted molar refractivity (Wildman–Crippen MR) is 65.3 cm³/mol. The molecule has 0 radical (unpaired) electrons. The van der Waals surface area contributed by atoms with E-state index in [9.17, 15) is 14.5 Å². The fourth-order valence-electron chi connectivity index (χ4n) is 1.84. The lowest BCUT2D eigenvalue weighted by Gasteiger charge is -2.23. The summed E-state index contributed by atoms with van der Waals surface area (Å²) in [7, 11) is 0. The van der Waals surface area contributed by atoms with Crippen LogP contribution in [0.15, 0.2) is 18.2 Å². The topological polar surface area (TPSA) is 73.6 Å². The highest BCUT2D eigenvalue weighted by atomic mass is 19.1. The number of nitro benzene ring substituents is 1. The van der Waals surface area contributed by atoms with Crippen LogP contribution < -0.4 is 5.32 Å². The monoisotopic (exact) mass is 270 g/mol. The van der Waals surface area contributed by atoms with Crippen molar-refractivity contribution in [2.75, 3.05) is 26.4 Å². The van der Waals surface area contributed by atoms with Crippen molar-refractivity contribution >= 4 is 5.69 Å². The quantitative estimate of drug-likeness (QED) is 0.643. The van der Waals surface area contributed by atoms with Gasteiger partial charge in [0.25, 0.3) is 0 Å². The highest BCUT2D eigenvalue weighted by Crippen LogP contribution is 2.17. The third-order valence-corrected chi connectivity index (χ3v) is 2.79. The molecule has 0 spiro atoms. The highest BCUT2D eigenvalue weighted by Gasteiger charge is 2.15. The number of benzene rings is 1. The highest BCUT2D eigenvalue weighted by molar-refractivity contribution is 5.34. The first kappa shape index (κ1) is 13.9. The SMILES string of the molecule is O=[N+]([O-])c1ccc(CNCC2COCCO2)cc1F. The van der Waals surface area contributed by atoms with E-state index in [1.807, 2.05) is 0 Å². The maximum Gasteiger partial charge on any atom is 0.304 e. The molecule has 19 heavy (non-hydrogen) atoms. The molecule has 2 rings (SSSR count). The molecule has 1 aliphatic rings. The van der Waals surface area contributed by atoms with Crippen molar-refractivity contribution in [2.45, 2.75) is 12.6 Å². The van der Waals surface area contributed by atoms with Gasteiger partial charge in [0.15, 0.2) is 0 Å². The molecule has 0 saturated carbocycles. The van der Waals surface area contributed by atoms with Gasteiger partial charge < -0.3 is 14.8 Å². The summed E-state index contributed by atoms with van der Waals surface area (Å²) in [6, 6.07) is 3.88. The van der Waals surface area contributed by atoms with Crippen molar-refractivity contribution < 1.29 is 18.8 Å². The predicted octanol–water partition coefficient (Wildman–Crippen LogP) is 1.24. The Morgan fingerprint density at radius 3 is 2.95 bits per heavy atom. The molecule has 1 aromatic carbocycles. The van der Waals surface area contributed by atoms with E-state index in [-0.39, 0.29) is 6.10 Å². The fourth-order valence-corrected chi connectivity index (χ4v) is 1.84. The molecule has 7 heteroatoms. The van der Waals surface area contributed by atoms with E-state index >= 15 is 0 Å². The molecule has 0 aliphatic carbocycles. The molecular weight excluding hydrogens is 255 g/mol. The minimum atomic E-state index is -0.818. The average Bonchev–Trinajstić information content (AvgIpc) is 2.39. The lowest BCUT2D eigenvalue weighted by Crippen LogP contribution is -2.37. The first-order valence-electron chi connectivity index (χ1n) is 5.99. The smallest absolute Gasteiger partial charge is 0.304 e. The number of rotatable bonds is 5. The number of halogens is 1. The Balaban J connectivity index is 1.82. The van der Waals surface area contributed by atoms with Gasteiger partial charge in [-0.1, -0.05) is 6.07 Å². The van der Waals surface area contributed by atoms with Gasteiger partial charge in [-0.15, -0.1) is 0 Å². The normalized spacial score (nSPS) is 19.3. The van der Waals surface area contributed by atoms with E-state index in [1.165, 1.54) is 18.2 Å². The van der Waals surface area contributed by atoms with E-state index in [2.05, 4.69) is 5.32 Å². The van der Waals surface area contributed by atoms with Crippen LogP contribution in [0.2, 0.25) is 0 Å². The molecule has 1 heterocycles. The van der Waals surface area contributed by atoms with Gasteiger partial charge in [0.1, 0.15) is 0 Å². The van der Waals surface area contributed by atoms with Gasteiger partial charge in [-0.05, 0) is 11.6 Å². The summed E-state index contributed by atoms with van der Waals surface area (Å²) in [5.74, 6) is -0.818. The summed E-state index contributed by atoms with van der Waals surface area (Å²) in [5, 5.41) is 13.6. The lowest BCUT2D eigenvalue weighted by atomic mass is 10.2. The van der Waals surface area contributed by atoms with Gasteiger partial charge in [-0.25, -0.2) is 0 Å². The summed E-state index contributed by atoms with van der Waals surface area (Å²) >= 11 is 0. The second kappa shape index (κ2) is 6.55. The Bertz CT molecular complexity index is 449. The minimum Gasteiger partial charge on any atom is -0.376 e. The van der Waals surface area contributed by atoms with Crippen LogP contribution in [0.4, 0.5) is 10.1 Å². The van der Waals surface area contributed by atoms with Crippen molar-refractivity contribution in [3.05, 3.63) is 39.7 Å². The summed E-state index contributed by atoms with van der Waals surface area (Å²) in [6.45, 7) is 2.76. The summed E-state index contributed by atoms with van der Waals surface area (Å²) in [4.78, 5) is 9.74. The molecule has 6 nitrogen and oxygen atoms in total. The lowest BCUT2D eigenvalue weighted by molar-refractivity contribution is -0.387. The third-order valence-electron chi connectivity index (χ3n) is 2.79. The largest absolute Gasteiger partial charge is 0.376 e. The third kappa shape index (κ3) is 3.95. The maximum atomic E-state index is 13.4. The number of hydrogen-bond acceptors (Lipinski definition) is 5. The van der Waals surface area contributed by atoms with Crippen LogP contribution in [0.1, 0.15) is 5.56 Å². The standard InChI is InChI=1S/C12H15FN2O4/c13-11-5-9(1-2-12(11)15(16)17)6-14-7-10-8-18-3-4-19-10/h1-2,5,10,14H,3-4,6-8H2. The first-order valence-corrected chi connectivity index (χ1v) is 5.99. The van der Waals surface area contributed by atoms with E-state index in [0.717, 1.165) is 0 Å². The van der Waals surface area contributed by atoms with Gasteiger partial charge in [0.2, 0.25) is 5.82 Å². The molecular formula is C12H15FN2O4. The van der Waals surface area contributed by atoms with Crippen LogP contribution in [-0.4, -0.2) is 37.4 Å². The molecule has 1 aromatic rings. The van der Waals surface area contributed by atoms with Gasteiger partial charge in [0.05, 0.1) is 30.8 Å². The number of nitrogens with zero attached hydrogens (tertiary/aromatic N) is 1. The van der Waals surface area contributed by atoms with Gasteiger partial charge in [-0.2, -0.15) is 4.39 Å². The summed E-state index contributed by atoms with van der Waals surface area (Å²) < 4.78 is 24.1. The minimum absolute atomic E-state index is 0.00311. The van der Waals surface area contributed by atoms with Gasteiger partial charge >= 0.3 is 5.69 Å². The van der Waals surface area contributed by atoms with E-state index in [0.29, 0.717) is 38.5 Å². The Kier molecular flexibility index (Phi) is 4.78. The van der Waals surface area contributed by atoms with E-state index in [1.54, 1.807) is 0 Å². The summed E-state index contributed by atoms with van der Waals surface area (Å²) in [6.07, 6.45) is -0.00311. The van der Waals surface area contributed by atoms with Crippen LogP contribution in [-0.2, 0) is 16.0 Å². The zero-order chi connectivity index (χ0) is 13.7. The second-order valence-corrected chi connectivity index (χ2v) is 4.24. The molecule has 1 fully saturated rings. The number of nitro groups is 1. The molecule has 1 N–H and O–H groups in total. The van der Waals surface area contributed by atoms with Crippen molar-refractivity contribution in [1.29, 1.82) is 0 Å². The first-order chi connectivity index (χ1) is 9.16. The molecule has 1 aliphatic heterocycles. The van der Waals surface area contributed by atoms with Crippen molar-refractivity contribution in [3.8, 4) is 0 Å². The van der Waals surface area contributed by atoms with Crippen molar-refractivity contribution in [1.82, 2.24) is 5.32 Å². The van der Waals surface area contributed by atoms with Gasteiger partial charge in [-0.3, -0.25) is 10.1 Å². The zero-order valence-electron chi connectivity index (χ0n) is 10.3. The van der Waals surface area contributed by atoms with Crippen molar-refractivity contribution in [2.24, 2.45) is 0 Å². The molecule has 1 atom stereocenters. The Hall–Kier alpha value is -1.57. The molecule has 104 valence electrons. The maximum absolute atomic E-state index is 13.4. The van der Waals surface area contributed by atoms with Crippen LogP contribution in [0.25, 0.3) is 0 Å². The second-order valence-electron chi connectivity index (χ2n) is 4.24. The number of ether oxygens (including phenoxy) is 2. The van der Waals surface area contributed by atoms with Gasteiger partial charge in [0, 0.05) is 19.2 Å².